The number of hydrogen-bond donors (Lipinski definition) is 0. The molecule has 0 N–H and O–H groups in total. The van der Waals surface area contributed by atoms with E-state index in [1.165, 1.54) is 0 Å². The first-order chi connectivity index (χ1) is 0. The molecule has 0 aliphatic rings. The van der Waals surface area contributed by atoms with E-state index in [1.54, 1.807) is 0 Å². The van der Waals surface area contributed by atoms with Crippen LogP contribution in [0.2, 0.25) is 0 Å². The Hall–Kier alpha value is 2.45. The Balaban J connectivity index is 0. The molecule has 0 amide bonds. The van der Waals surface area contributed by atoms with Gasteiger partial charge < -0.3 is 0 Å². The zero-order valence-corrected chi connectivity index (χ0v) is 5.62. The van der Waals surface area contributed by atoms with E-state index in [4.69, 9.17) is 0 Å². The quantitative estimate of drug-likeness (QED) is 0.477. The fraction of sp³-hybridized carbons (Fsp3) is 0. The Bertz CT molecular complexity index is 8.00. The van der Waals surface area contributed by atoms with E-state index in [1.807, 2.05) is 0 Å². The molecule has 0 radical (unpaired) electrons. The summed E-state index contributed by atoms with van der Waals surface area (Å²) >= 11 is 0. The summed E-state index contributed by atoms with van der Waals surface area (Å²) in [6.07, 6.45) is 0. The molecule has 4 heavy (non-hydrogen) atoms. The van der Waals surface area contributed by atoms with Gasteiger partial charge in [0.05, 0.1) is 0 Å². The van der Waals surface area contributed by atoms with Crippen LogP contribution in [0.25, 0.3) is 0 Å². The van der Waals surface area contributed by atoms with Crippen LogP contribution in [-0.4, -0.2) is 17.6 Å². The maximum atomic E-state index is 0. The predicted molar refractivity (Wildman–Crippen MR) is 11.3 cm³/mol. The molecule has 0 aliphatic heterocycles. The summed E-state index contributed by atoms with van der Waals surface area (Å²) in [5.41, 5.74) is 0. The molecule has 0 spiro atoms. The van der Waals surface area contributed by atoms with Crippen LogP contribution in [-0.2, 0) is 59.5 Å². The molecular formula is H4CrGePdTi. The fourth-order valence-corrected chi connectivity index (χ4v) is 0. The average Bonchev–Trinajstić information content (AvgIpc) is 0. The first-order valence-electron chi connectivity index (χ1n) is 0. The monoisotopic (exact) mass is 284 g/mol. The molecule has 0 aromatic carbocycles. The first-order valence-corrected chi connectivity index (χ1v) is 0. The van der Waals surface area contributed by atoms with Crippen molar-refractivity contribution in [2.45, 2.75) is 0 Å². The van der Waals surface area contributed by atoms with Gasteiger partial charge in [-0.2, -0.15) is 0 Å². The molecule has 0 saturated heterocycles. The minimum Gasteiger partial charge on any atom is 0 e. The SMILES string of the molecule is [Cr].[GeH4].[Pd].[Ti]. The largest absolute Gasteiger partial charge is 0 e. The molecule has 0 atom stereocenters. The molecule has 0 heterocycles. The van der Waals surface area contributed by atoms with Crippen molar-refractivity contribution in [2.24, 2.45) is 0 Å². The molecule has 28 valence electrons. The van der Waals surface area contributed by atoms with Gasteiger partial charge in [-0.15, -0.1) is 0 Å². The topological polar surface area (TPSA) is 0 Å². The van der Waals surface area contributed by atoms with Gasteiger partial charge in [0, 0.05) is 59.5 Å². The number of rotatable bonds is 0. The molecule has 0 fully saturated rings. The van der Waals surface area contributed by atoms with E-state index < -0.39 is 0 Å². The van der Waals surface area contributed by atoms with Crippen LogP contribution in [0.5, 0.6) is 0 Å². The fourth-order valence-electron chi connectivity index (χ4n) is 0. The van der Waals surface area contributed by atoms with Gasteiger partial charge in [-0.25, -0.2) is 0 Å². The first kappa shape index (κ1) is 31.9. The third kappa shape index (κ3) is 8.82. The van der Waals surface area contributed by atoms with Gasteiger partial charge in [0.15, 0.2) is 0 Å². The Morgan fingerprint density at radius 2 is 1.00 bits per heavy atom. The van der Waals surface area contributed by atoms with Gasteiger partial charge in [-0.1, -0.05) is 0 Å². The Morgan fingerprint density at radius 1 is 1.00 bits per heavy atom. The molecule has 0 nitrogen and oxygen atoms in total. The van der Waals surface area contributed by atoms with Crippen molar-refractivity contribution in [1.82, 2.24) is 0 Å². The summed E-state index contributed by atoms with van der Waals surface area (Å²) < 4.78 is 0. The van der Waals surface area contributed by atoms with Crippen molar-refractivity contribution in [3.63, 3.8) is 0 Å². The molecule has 0 unspecified atom stereocenters. The van der Waals surface area contributed by atoms with Gasteiger partial charge in [0.2, 0.25) is 0 Å². The molecule has 4 heteroatoms. The molecular weight excluding hydrogens is 279 g/mol. The van der Waals surface area contributed by atoms with Crippen LogP contribution >= 0.6 is 0 Å². The second kappa shape index (κ2) is 18.0. The van der Waals surface area contributed by atoms with Gasteiger partial charge in [0.1, 0.15) is 0 Å². The van der Waals surface area contributed by atoms with Crippen LogP contribution in [0.3, 0.4) is 0 Å². The molecule has 0 bridgehead atoms. The maximum absolute atomic E-state index is 0. The van der Waals surface area contributed by atoms with Crippen molar-refractivity contribution in [3.8, 4) is 0 Å². The van der Waals surface area contributed by atoms with Crippen molar-refractivity contribution in [3.05, 3.63) is 0 Å². The van der Waals surface area contributed by atoms with Crippen molar-refractivity contribution >= 4 is 17.6 Å². The molecule has 0 saturated carbocycles. The maximum Gasteiger partial charge on any atom is 0 e. The van der Waals surface area contributed by atoms with Gasteiger partial charge >= 0.3 is 17.6 Å². The van der Waals surface area contributed by atoms with E-state index in [0.29, 0.717) is 0 Å². The summed E-state index contributed by atoms with van der Waals surface area (Å²) in [6, 6.07) is 0. The molecule has 0 aromatic rings. The smallest absolute Gasteiger partial charge is 0 e. The van der Waals surface area contributed by atoms with Gasteiger partial charge in [0.25, 0.3) is 0 Å². The molecule has 0 rings (SSSR count). The van der Waals surface area contributed by atoms with Gasteiger partial charge in [-0.3, -0.25) is 0 Å². The van der Waals surface area contributed by atoms with E-state index in [2.05, 4.69) is 0 Å². The second-order valence-electron chi connectivity index (χ2n) is 0. The van der Waals surface area contributed by atoms with Crippen molar-refractivity contribution < 1.29 is 59.5 Å². The Kier molecular flexibility index (Phi) is 143. The van der Waals surface area contributed by atoms with Crippen LogP contribution in [0.15, 0.2) is 0 Å². The van der Waals surface area contributed by atoms with Gasteiger partial charge in [-0.05, 0) is 0 Å². The van der Waals surface area contributed by atoms with E-state index in [-0.39, 0.29) is 77.1 Å². The van der Waals surface area contributed by atoms with Crippen LogP contribution < -0.4 is 0 Å². The predicted octanol–water partition coefficient (Wildman–Crippen LogP) is -1.46. The third-order valence-corrected chi connectivity index (χ3v) is 0. The molecule has 0 aliphatic carbocycles. The zero-order chi connectivity index (χ0) is 0. The third-order valence-electron chi connectivity index (χ3n) is 0. The van der Waals surface area contributed by atoms with E-state index >= 15 is 0 Å². The minimum atomic E-state index is 0. The normalized spacial score (nSPS) is 0. The minimum absolute atomic E-state index is 0. The van der Waals surface area contributed by atoms with E-state index in [0.717, 1.165) is 0 Å². The van der Waals surface area contributed by atoms with Crippen LogP contribution in [0, 0.1) is 0 Å². The molecule has 0 aromatic heterocycles. The average molecular weight is 283 g/mol. The van der Waals surface area contributed by atoms with Crippen molar-refractivity contribution in [2.75, 3.05) is 0 Å². The van der Waals surface area contributed by atoms with E-state index in [9.17, 15) is 0 Å². The van der Waals surface area contributed by atoms with Crippen LogP contribution in [0.4, 0.5) is 0 Å². The number of hydrogen-bond acceptors (Lipinski definition) is 0. The Labute approximate surface area is 76.1 Å². The Morgan fingerprint density at radius 3 is 1.00 bits per heavy atom. The second-order valence-corrected chi connectivity index (χ2v) is 0. The van der Waals surface area contributed by atoms with Crippen molar-refractivity contribution in [1.29, 1.82) is 0 Å². The zero-order valence-electron chi connectivity index (χ0n) is 1.22. The summed E-state index contributed by atoms with van der Waals surface area (Å²) in [5, 5.41) is 0. The standard InChI is InChI=1S/Cr.GeH4.Pd.Ti/h;1H4;;. The summed E-state index contributed by atoms with van der Waals surface area (Å²) in [7, 11) is 0. The summed E-state index contributed by atoms with van der Waals surface area (Å²) in [4.78, 5) is 0. The summed E-state index contributed by atoms with van der Waals surface area (Å²) in [5.74, 6) is 0. The van der Waals surface area contributed by atoms with Crippen LogP contribution in [0.1, 0.15) is 0 Å². The summed E-state index contributed by atoms with van der Waals surface area (Å²) in [6.45, 7) is 0.